The maximum Gasteiger partial charge on any atom is 0.165 e. The van der Waals surface area contributed by atoms with E-state index in [-0.39, 0.29) is 5.82 Å². The van der Waals surface area contributed by atoms with Gasteiger partial charge in [0.25, 0.3) is 0 Å². The summed E-state index contributed by atoms with van der Waals surface area (Å²) >= 11 is 0. The van der Waals surface area contributed by atoms with Gasteiger partial charge < -0.3 is 4.74 Å². The van der Waals surface area contributed by atoms with Crippen LogP contribution in [0.4, 0.5) is 4.39 Å². The zero-order chi connectivity index (χ0) is 9.26. The largest absolute Gasteiger partial charge is 0.494 e. The lowest BCUT2D eigenvalue weighted by Crippen LogP contribution is -2.04. The number of benzene rings is 1. The Labute approximate surface area is 76.1 Å². The lowest BCUT2D eigenvalue weighted by molar-refractivity contribution is 0.386. The molecular formula is C10H10FNO. The van der Waals surface area contributed by atoms with Crippen LogP contribution in [0.3, 0.4) is 0 Å². The molecule has 1 aliphatic rings. The lowest BCUT2D eigenvalue weighted by Gasteiger charge is -2.11. The first-order valence-corrected chi connectivity index (χ1v) is 4.17. The Morgan fingerprint density at radius 3 is 3.08 bits per heavy atom. The minimum Gasteiger partial charge on any atom is -0.494 e. The minimum atomic E-state index is -0.324. The van der Waals surface area contributed by atoms with E-state index in [0.29, 0.717) is 5.75 Å². The number of nitrogens with zero attached hydrogens (tertiary/aromatic N) is 1. The maximum absolute atomic E-state index is 13.2. The Hall–Kier alpha value is -1.38. The van der Waals surface area contributed by atoms with E-state index in [0.717, 1.165) is 24.1 Å². The summed E-state index contributed by atoms with van der Waals surface area (Å²) in [6.07, 6.45) is 2.57. The molecule has 3 heteroatoms. The van der Waals surface area contributed by atoms with Crippen molar-refractivity contribution in [3.05, 3.63) is 29.1 Å². The normalized spacial score (nSPS) is 14.0. The van der Waals surface area contributed by atoms with Crippen molar-refractivity contribution in [2.24, 2.45) is 4.99 Å². The van der Waals surface area contributed by atoms with Crippen molar-refractivity contribution in [1.29, 1.82) is 0 Å². The predicted octanol–water partition coefficient (Wildman–Crippen LogP) is 1.81. The highest BCUT2D eigenvalue weighted by molar-refractivity contribution is 5.83. The first-order valence-electron chi connectivity index (χ1n) is 4.17. The van der Waals surface area contributed by atoms with Gasteiger partial charge in [-0.2, -0.15) is 0 Å². The summed E-state index contributed by atoms with van der Waals surface area (Å²) in [5, 5.41) is 0. The molecule has 68 valence electrons. The van der Waals surface area contributed by atoms with Gasteiger partial charge in [-0.3, -0.25) is 4.99 Å². The second-order valence-corrected chi connectivity index (χ2v) is 2.97. The molecule has 0 saturated carbocycles. The Balaban J connectivity index is 2.52. The Kier molecular flexibility index (Phi) is 2.00. The number of halogens is 1. The molecule has 1 aromatic rings. The molecule has 1 aromatic carbocycles. The lowest BCUT2D eigenvalue weighted by atomic mass is 10.0. The van der Waals surface area contributed by atoms with E-state index in [1.807, 2.05) is 0 Å². The van der Waals surface area contributed by atoms with E-state index >= 15 is 0 Å². The average molecular weight is 179 g/mol. The van der Waals surface area contributed by atoms with Gasteiger partial charge in [0, 0.05) is 12.8 Å². The van der Waals surface area contributed by atoms with Gasteiger partial charge in [-0.25, -0.2) is 4.39 Å². The van der Waals surface area contributed by atoms with Crippen LogP contribution < -0.4 is 4.74 Å². The van der Waals surface area contributed by atoms with Crippen LogP contribution in [-0.4, -0.2) is 19.9 Å². The molecule has 0 atom stereocenters. The molecule has 1 aliphatic heterocycles. The standard InChI is InChI=1S/C10H10FNO/c1-13-10-5-7-2-3-12-6-8(7)4-9(10)11/h4-6H,2-3H2,1H3. The second-order valence-electron chi connectivity index (χ2n) is 2.97. The summed E-state index contributed by atoms with van der Waals surface area (Å²) in [6, 6.07) is 3.21. The van der Waals surface area contributed by atoms with E-state index in [2.05, 4.69) is 4.99 Å². The third-order valence-electron chi connectivity index (χ3n) is 2.15. The molecule has 0 saturated heterocycles. The van der Waals surface area contributed by atoms with Crippen molar-refractivity contribution in [3.8, 4) is 5.75 Å². The Bertz CT molecular complexity index is 360. The van der Waals surface area contributed by atoms with Crippen LogP contribution in [0.15, 0.2) is 17.1 Å². The van der Waals surface area contributed by atoms with E-state index in [4.69, 9.17) is 4.74 Å². The molecule has 0 aromatic heterocycles. The predicted molar refractivity (Wildman–Crippen MR) is 49.1 cm³/mol. The van der Waals surface area contributed by atoms with Gasteiger partial charge in [-0.1, -0.05) is 0 Å². The van der Waals surface area contributed by atoms with E-state index < -0.39 is 0 Å². The van der Waals surface area contributed by atoms with Crippen LogP contribution >= 0.6 is 0 Å². The van der Waals surface area contributed by atoms with Crippen molar-refractivity contribution in [2.75, 3.05) is 13.7 Å². The van der Waals surface area contributed by atoms with Gasteiger partial charge in [0.2, 0.25) is 0 Å². The molecule has 0 radical (unpaired) electrons. The van der Waals surface area contributed by atoms with Crippen LogP contribution in [0, 0.1) is 5.82 Å². The van der Waals surface area contributed by atoms with Crippen molar-refractivity contribution in [1.82, 2.24) is 0 Å². The zero-order valence-electron chi connectivity index (χ0n) is 7.38. The number of ether oxygens (including phenoxy) is 1. The van der Waals surface area contributed by atoms with Gasteiger partial charge in [-0.05, 0) is 29.7 Å². The molecule has 2 nitrogen and oxygen atoms in total. The average Bonchev–Trinajstić information content (AvgIpc) is 2.17. The number of methoxy groups -OCH3 is 1. The Morgan fingerprint density at radius 1 is 1.46 bits per heavy atom. The summed E-state index contributed by atoms with van der Waals surface area (Å²) in [7, 11) is 1.47. The number of fused-ring (bicyclic) bond motifs is 1. The number of rotatable bonds is 1. The molecule has 1 heterocycles. The molecule has 0 unspecified atom stereocenters. The van der Waals surface area contributed by atoms with Crippen LogP contribution in [0.5, 0.6) is 5.75 Å². The van der Waals surface area contributed by atoms with Gasteiger partial charge in [-0.15, -0.1) is 0 Å². The fourth-order valence-corrected chi connectivity index (χ4v) is 1.45. The molecular weight excluding hydrogens is 169 g/mol. The Morgan fingerprint density at radius 2 is 2.31 bits per heavy atom. The van der Waals surface area contributed by atoms with Gasteiger partial charge in [0.15, 0.2) is 11.6 Å². The maximum atomic E-state index is 13.2. The molecule has 0 amide bonds. The molecule has 0 N–H and O–H groups in total. The highest BCUT2D eigenvalue weighted by atomic mass is 19.1. The molecule has 2 rings (SSSR count). The SMILES string of the molecule is COc1cc2c(cc1F)C=NCC2. The minimum absolute atomic E-state index is 0.314. The molecule has 0 bridgehead atoms. The highest BCUT2D eigenvalue weighted by Gasteiger charge is 2.10. The monoisotopic (exact) mass is 179 g/mol. The summed E-state index contributed by atoms with van der Waals surface area (Å²) in [5.41, 5.74) is 1.97. The fourth-order valence-electron chi connectivity index (χ4n) is 1.45. The molecule has 0 spiro atoms. The first-order chi connectivity index (χ1) is 6.31. The van der Waals surface area contributed by atoms with Gasteiger partial charge in [0.1, 0.15) is 0 Å². The summed E-state index contributed by atoms with van der Waals surface area (Å²) in [4.78, 5) is 4.08. The van der Waals surface area contributed by atoms with Crippen LogP contribution in [0.1, 0.15) is 11.1 Å². The third kappa shape index (κ3) is 1.41. The van der Waals surface area contributed by atoms with Crippen LogP contribution in [-0.2, 0) is 6.42 Å². The quantitative estimate of drug-likeness (QED) is 0.644. The topological polar surface area (TPSA) is 21.6 Å². The van der Waals surface area contributed by atoms with E-state index in [1.54, 1.807) is 12.3 Å². The third-order valence-corrected chi connectivity index (χ3v) is 2.15. The summed E-state index contributed by atoms with van der Waals surface area (Å²) in [6.45, 7) is 0.780. The van der Waals surface area contributed by atoms with Crippen LogP contribution in [0.2, 0.25) is 0 Å². The van der Waals surface area contributed by atoms with Gasteiger partial charge >= 0.3 is 0 Å². The van der Waals surface area contributed by atoms with Crippen molar-refractivity contribution in [2.45, 2.75) is 6.42 Å². The summed E-state index contributed by atoms with van der Waals surface area (Å²) < 4.78 is 18.1. The molecule has 0 aliphatic carbocycles. The summed E-state index contributed by atoms with van der Waals surface area (Å²) in [5.74, 6) is -0.0105. The number of hydrogen-bond acceptors (Lipinski definition) is 2. The molecule has 0 fully saturated rings. The number of aliphatic imine (C=N–C) groups is 1. The van der Waals surface area contributed by atoms with Crippen molar-refractivity contribution < 1.29 is 9.13 Å². The second kappa shape index (κ2) is 3.17. The first kappa shape index (κ1) is 8.23. The fraction of sp³-hybridized carbons (Fsp3) is 0.300. The van der Waals surface area contributed by atoms with Gasteiger partial charge in [0.05, 0.1) is 7.11 Å². The van der Waals surface area contributed by atoms with Crippen molar-refractivity contribution >= 4 is 6.21 Å². The van der Waals surface area contributed by atoms with E-state index in [9.17, 15) is 4.39 Å². The smallest absolute Gasteiger partial charge is 0.165 e. The van der Waals surface area contributed by atoms with Crippen LogP contribution in [0.25, 0.3) is 0 Å². The highest BCUT2D eigenvalue weighted by Crippen LogP contribution is 2.23. The zero-order valence-corrected chi connectivity index (χ0v) is 7.38. The molecule has 13 heavy (non-hydrogen) atoms. The number of hydrogen-bond donors (Lipinski definition) is 0. The van der Waals surface area contributed by atoms with Crippen molar-refractivity contribution in [3.63, 3.8) is 0 Å². The van der Waals surface area contributed by atoms with E-state index in [1.165, 1.54) is 13.2 Å².